The quantitative estimate of drug-likeness (QED) is 0.374. The highest BCUT2D eigenvalue weighted by Crippen LogP contribution is 2.50. The zero-order chi connectivity index (χ0) is 14.7. The van der Waals surface area contributed by atoms with Gasteiger partial charge >= 0.3 is 0 Å². The number of para-hydroxylation sites is 2. The molecular formula is C21H17N. The maximum Gasteiger partial charge on any atom is 0.0532 e. The monoisotopic (exact) mass is 283 g/mol. The lowest BCUT2D eigenvalue weighted by atomic mass is 9.85. The number of anilines is 3. The van der Waals surface area contributed by atoms with Crippen molar-refractivity contribution < 1.29 is 0 Å². The zero-order valence-corrected chi connectivity index (χ0v) is 12.6. The first-order chi connectivity index (χ1) is 10.8. The third-order valence-electron chi connectivity index (χ3n) is 4.86. The van der Waals surface area contributed by atoms with Crippen LogP contribution in [0.25, 0.3) is 0 Å². The van der Waals surface area contributed by atoms with Gasteiger partial charge in [-0.25, -0.2) is 0 Å². The van der Waals surface area contributed by atoms with Crippen molar-refractivity contribution in [2.45, 2.75) is 19.8 Å². The maximum atomic E-state index is 2.47. The van der Waals surface area contributed by atoms with E-state index in [0.29, 0.717) is 0 Å². The molecule has 3 aromatic rings. The molecule has 2 heterocycles. The summed E-state index contributed by atoms with van der Waals surface area (Å²) >= 11 is 0. The van der Waals surface area contributed by atoms with Gasteiger partial charge < -0.3 is 4.90 Å². The van der Waals surface area contributed by atoms with E-state index in [9.17, 15) is 0 Å². The lowest BCUT2D eigenvalue weighted by Gasteiger charge is -2.39. The summed E-state index contributed by atoms with van der Waals surface area (Å²) < 4.78 is 0. The zero-order valence-electron chi connectivity index (χ0n) is 12.6. The van der Waals surface area contributed by atoms with E-state index < -0.39 is 0 Å². The molecule has 2 aliphatic rings. The second-order valence-electron chi connectivity index (χ2n) is 6.38. The van der Waals surface area contributed by atoms with Gasteiger partial charge in [-0.1, -0.05) is 54.1 Å². The molecular weight excluding hydrogens is 266 g/mol. The van der Waals surface area contributed by atoms with Crippen molar-refractivity contribution in [1.82, 2.24) is 0 Å². The predicted octanol–water partition coefficient (Wildman–Crippen LogP) is 5.27. The molecule has 0 N–H and O–H groups in total. The number of nitrogens with zero attached hydrogens (tertiary/aromatic N) is 1. The topological polar surface area (TPSA) is 3.24 Å². The average Bonchev–Trinajstić information content (AvgIpc) is 2.54. The van der Waals surface area contributed by atoms with Crippen molar-refractivity contribution in [2.24, 2.45) is 0 Å². The van der Waals surface area contributed by atoms with Crippen LogP contribution in [-0.2, 0) is 12.8 Å². The van der Waals surface area contributed by atoms with Crippen LogP contribution >= 0.6 is 0 Å². The van der Waals surface area contributed by atoms with Crippen molar-refractivity contribution in [1.29, 1.82) is 0 Å². The molecule has 0 atom stereocenters. The Hall–Kier alpha value is -2.54. The number of hydrogen-bond acceptors (Lipinski definition) is 1. The number of benzene rings is 3. The van der Waals surface area contributed by atoms with Gasteiger partial charge in [-0.2, -0.15) is 0 Å². The van der Waals surface area contributed by atoms with Crippen LogP contribution in [0.4, 0.5) is 17.1 Å². The van der Waals surface area contributed by atoms with E-state index in [1.54, 1.807) is 0 Å². The largest absolute Gasteiger partial charge is 0.309 e. The van der Waals surface area contributed by atoms with Gasteiger partial charge in [0.2, 0.25) is 0 Å². The fraction of sp³-hybridized carbons (Fsp3) is 0.143. The first-order valence-electron chi connectivity index (χ1n) is 7.89. The molecule has 1 heteroatoms. The van der Waals surface area contributed by atoms with Crippen LogP contribution < -0.4 is 4.90 Å². The molecule has 2 aliphatic heterocycles. The summed E-state index contributed by atoms with van der Waals surface area (Å²) in [5, 5.41) is 0. The van der Waals surface area contributed by atoms with Gasteiger partial charge in [0.25, 0.3) is 0 Å². The summed E-state index contributed by atoms with van der Waals surface area (Å²) in [4.78, 5) is 2.47. The molecule has 0 fully saturated rings. The summed E-state index contributed by atoms with van der Waals surface area (Å²) in [5.74, 6) is 0. The highest BCUT2D eigenvalue weighted by molar-refractivity contribution is 5.89. The fourth-order valence-electron chi connectivity index (χ4n) is 4.03. The van der Waals surface area contributed by atoms with Crippen LogP contribution in [-0.4, -0.2) is 0 Å². The standard InChI is InChI=1S/C21H17N/c1-14-10-17-12-15-6-2-4-8-19(15)22-20-9-5-3-7-16(20)13-18(11-14)21(17)22/h2-11H,12-13H2,1H3. The number of aryl methyl sites for hydroxylation is 1. The minimum absolute atomic E-state index is 1.04. The van der Waals surface area contributed by atoms with Crippen LogP contribution in [0.5, 0.6) is 0 Å². The van der Waals surface area contributed by atoms with Crippen LogP contribution in [0.15, 0.2) is 60.7 Å². The molecule has 0 bridgehead atoms. The Balaban J connectivity index is 1.88. The summed E-state index contributed by atoms with van der Waals surface area (Å²) in [5.41, 5.74) is 11.2. The molecule has 5 rings (SSSR count). The molecule has 0 spiro atoms. The van der Waals surface area contributed by atoms with Crippen LogP contribution in [0.2, 0.25) is 0 Å². The Labute approximate surface area is 130 Å². The SMILES string of the molecule is Cc1cc2c3c(c1)Cc1ccccc1N3c1ccccc1C2. The Bertz CT molecular complexity index is 837. The Kier molecular flexibility index (Phi) is 2.32. The molecule has 0 unspecified atom stereocenters. The summed E-state index contributed by atoms with van der Waals surface area (Å²) in [6.07, 6.45) is 2.08. The maximum absolute atomic E-state index is 2.47. The molecule has 0 radical (unpaired) electrons. The van der Waals surface area contributed by atoms with Crippen LogP contribution in [0.1, 0.15) is 27.8 Å². The number of fused-ring (bicyclic) bond motifs is 4. The summed E-state index contributed by atoms with van der Waals surface area (Å²) in [6.45, 7) is 2.21. The summed E-state index contributed by atoms with van der Waals surface area (Å²) in [7, 11) is 0. The molecule has 0 saturated heterocycles. The molecule has 0 amide bonds. The third kappa shape index (κ3) is 1.54. The van der Waals surface area contributed by atoms with Gasteiger partial charge in [0.1, 0.15) is 0 Å². The lowest BCUT2D eigenvalue weighted by molar-refractivity contribution is 1.01. The molecule has 22 heavy (non-hydrogen) atoms. The van der Waals surface area contributed by atoms with Gasteiger partial charge in [0, 0.05) is 24.2 Å². The van der Waals surface area contributed by atoms with Crippen molar-refractivity contribution in [3.8, 4) is 0 Å². The van der Waals surface area contributed by atoms with Crippen molar-refractivity contribution >= 4 is 17.1 Å². The smallest absolute Gasteiger partial charge is 0.0532 e. The molecule has 0 aliphatic carbocycles. The van der Waals surface area contributed by atoms with Crippen molar-refractivity contribution in [3.63, 3.8) is 0 Å². The minimum atomic E-state index is 1.04. The van der Waals surface area contributed by atoms with Gasteiger partial charge in [-0.05, 0) is 41.3 Å². The second-order valence-corrected chi connectivity index (χ2v) is 6.38. The average molecular weight is 283 g/mol. The molecule has 0 saturated carbocycles. The minimum Gasteiger partial charge on any atom is -0.309 e. The molecule has 1 nitrogen and oxygen atoms in total. The summed E-state index contributed by atoms with van der Waals surface area (Å²) in [6, 6.07) is 22.3. The van der Waals surface area contributed by atoms with E-state index in [2.05, 4.69) is 72.5 Å². The first kappa shape index (κ1) is 12.0. The van der Waals surface area contributed by atoms with E-state index in [-0.39, 0.29) is 0 Å². The highest BCUT2D eigenvalue weighted by Gasteiger charge is 2.30. The van der Waals surface area contributed by atoms with E-state index in [0.717, 1.165) is 12.8 Å². The van der Waals surface area contributed by atoms with Gasteiger partial charge in [0.05, 0.1) is 5.69 Å². The normalized spacial score (nSPS) is 14.1. The van der Waals surface area contributed by atoms with E-state index in [4.69, 9.17) is 0 Å². The molecule has 106 valence electrons. The molecule has 0 aromatic heterocycles. The van der Waals surface area contributed by atoms with Crippen LogP contribution in [0.3, 0.4) is 0 Å². The third-order valence-corrected chi connectivity index (χ3v) is 4.86. The van der Waals surface area contributed by atoms with Crippen molar-refractivity contribution in [2.75, 3.05) is 4.90 Å². The van der Waals surface area contributed by atoms with Crippen molar-refractivity contribution in [3.05, 3.63) is 88.5 Å². The van der Waals surface area contributed by atoms with Gasteiger partial charge in [-0.15, -0.1) is 0 Å². The van der Waals surface area contributed by atoms with E-state index >= 15 is 0 Å². The number of hydrogen-bond donors (Lipinski definition) is 0. The Morgan fingerprint density at radius 2 is 1.18 bits per heavy atom. The predicted molar refractivity (Wildman–Crippen MR) is 91.5 cm³/mol. The number of rotatable bonds is 0. The van der Waals surface area contributed by atoms with Gasteiger partial charge in [-0.3, -0.25) is 0 Å². The second kappa shape index (κ2) is 4.23. The van der Waals surface area contributed by atoms with E-state index in [1.165, 1.54) is 44.9 Å². The van der Waals surface area contributed by atoms with Crippen LogP contribution in [0, 0.1) is 6.92 Å². The first-order valence-corrected chi connectivity index (χ1v) is 7.89. The molecule has 3 aromatic carbocycles. The Morgan fingerprint density at radius 3 is 1.73 bits per heavy atom. The highest BCUT2D eigenvalue weighted by atomic mass is 15.2. The fourth-order valence-corrected chi connectivity index (χ4v) is 4.03. The Morgan fingerprint density at radius 1 is 0.682 bits per heavy atom. The van der Waals surface area contributed by atoms with Gasteiger partial charge in [0.15, 0.2) is 0 Å². The van der Waals surface area contributed by atoms with E-state index in [1.807, 2.05) is 0 Å². The lowest BCUT2D eigenvalue weighted by Crippen LogP contribution is -2.24.